The van der Waals surface area contributed by atoms with E-state index in [0.29, 0.717) is 24.3 Å². The van der Waals surface area contributed by atoms with Gasteiger partial charge in [0, 0.05) is 17.8 Å². The maximum Gasteiger partial charge on any atom is 0.238 e. The largest absolute Gasteiger partial charge is 0.396 e. The second-order valence-corrected chi connectivity index (χ2v) is 5.45. The molecule has 2 rings (SSSR count). The molecule has 5 heteroatoms. The fourth-order valence-electron chi connectivity index (χ4n) is 2.84. The molecule has 1 amide bonds. The molecule has 0 radical (unpaired) electrons. The van der Waals surface area contributed by atoms with Crippen molar-refractivity contribution in [2.24, 2.45) is 0 Å². The van der Waals surface area contributed by atoms with Crippen LogP contribution in [0.25, 0.3) is 0 Å². The summed E-state index contributed by atoms with van der Waals surface area (Å²) in [6.45, 7) is 4.67. The van der Waals surface area contributed by atoms with Crippen molar-refractivity contribution in [1.29, 1.82) is 0 Å². The molecule has 0 spiro atoms. The summed E-state index contributed by atoms with van der Waals surface area (Å²) in [4.78, 5) is 14.3. The summed E-state index contributed by atoms with van der Waals surface area (Å²) in [5.41, 5.74) is 6.07. The van der Waals surface area contributed by atoms with E-state index in [-0.39, 0.29) is 11.6 Å². The van der Waals surface area contributed by atoms with Crippen molar-refractivity contribution >= 4 is 17.3 Å². The van der Waals surface area contributed by atoms with Crippen LogP contribution in [0.2, 0.25) is 0 Å². The quantitative estimate of drug-likeness (QED) is 0.833. The van der Waals surface area contributed by atoms with Crippen molar-refractivity contribution in [2.45, 2.75) is 45.2 Å². The average molecular weight is 279 g/mol. The van der Waals surface area contributed by atoms with Gasteiger partial charge in [0.25, 0.3) is 0 Å². The highest BCUT2D eigenvalue weighted by atomic mass is 19.1. The van der Waals surface area contributed by atoms with Gasteiger partial charge in [0.15, 0.2) is 0 Å². The number of nitrogens with one attached hydrogen (secondary N) is 1. The number of hydrogen-bond acceptors (Lipinski definition) is 3. The van der Waals surface area contributed by atoms with Gasteiger partial charge in [0.2, 0.25) is 5.91 Å². The van der Waals surface area contributed by atoms with Gasteiger partial charge in [-0.05, 0) is 44.4 Å². The molecule has 0 saturated carbocycles. The van der Waals surface area contributed by atoms with Crippen LogP contribution in [-0.4, -0.2) is 29.4 Å². The number of nitrogens with zero attached hydrogens (tertiary/aromatic N) is 1. The third kappa shape index (κ3) is 3.28. The van der Waals surface area contributed by atoms with Gasteiger partial charge < -0.3 is 11.1 Å². The summed E-state index contributed by atoms with van der Waals surface area (Å²) in [6, 6.07) is 5.14. The number of nitrogen functional groups attached to an aromatic ring is 1. The van der Waals surface area contributed by atoms with Crippen molar-refractivity contribution in [1.82, 2.24) is 4.90 Å². The number of halogens is 1. The van der Waals surface area contributed by atoms with Gasteiger partial charge in [-0.3, -0.25) is 9.69 Å². The minimum Gasteiger partial charge on any atom is -0.396 e. The monoisotopic (exact) mass is 279 g/mol. The molecular weight excluding hydrogens is 257 g/mol. The molecule has 1 saturated heterocycles. The van der Waals surface area contributed by atoms with E-state index >= 15 is 0 Å². The molecule has 20 heavy (non-hydrogen) atoms. The van der Waals surface area contributed by atoms with Crippen molar-refractivity contribution < 1.29 is 9.18 Å². The van der Waals surface area contributed by atoms with Crippen LogP contribution < -0.4 is 11.1 Å². The van der Waals surface area contributed by atoms with Crippen molar-refractivity contribution in [3.63, 3.8) is 0 Å². The number of carbonyl (C=O) groups is 1. The molecule has 2 atom stereocenters. The van der Waals surface area contributed by atoms with Crippen molar-refractivity contribution in [3.8, 4) is 0 Å². The predicted molar refractivity (Wildman–Crippen MR) is 78.9 cm³/mol. The Morgan fingerprint density at radius 1 is 1.50 bits per heavy atom. The molecule has 1 heterocycles. The summed E-state index contributed by atoms with van der Waals surface area (Å²) in [6.07, 6.45) is 3.34. The summed E-state index contributed by atoms with van der Waals surface area (Å²) in [5.74, 6) is -0.551. The lowest BCUT2D eigenvalue weighted by Gasteiger charge is -2.26. The Balaban J connectivity index is 1.96. The smallest absolute Gasteiger partial charge is 0.238 e. The lowest BCUT2D eigenvalue weighted by Crippen LogP contribution is -2.40. The van der Waals surface area contributed by atoms with Gasteiger partial charge in [-0.15, -0.1) is 0 Å². The van der Waals surface area contributed by atoms with Crippen LogP contribution in [0.3, 0.4) is 0 Å². The van der Waals surface area contributed by atoms with Gasteiger partial charge in [-0.25, -0.2) is 4.39 Å². The van der Waals surface area contributed by atoms with Crippen molar-refractivity contribution in [2.75, 3.05) is 17.6 Å². The molecule has 1 aliphatic rings. The van der Waals surface area contributed by atoms with Gasteiger partial charge in [0.05, 0.1) is 12.2 Å². The Kier molecular flexibility index (Phi) is 4.60. The highest BCUT2D eigenvalue weighted by Crippen LogP contribution is 2.25. The van der Waals surface area contributed by atoms with E-state index in [0.717, 1.165) is 19.3 Å². The van der Waals surface area contributed by atoms with Crippen LogP contribution in [0.5, 0.6) is 0 Å². The Bertz CT molecular complexity index is 492. The van der Waals surface area contributed by atoms with Crippen LogP contribution in [0.4, 0.5) is 15.8 Å². The van der Waals surface area contributed by atoms with Crippen molar-refractivity contribution in [3.05, 3.63) is 24.0 Å². The minimum absolute atomic E-state index is 0.0452. The molecule has 0 bridgehead atoms. The second kappa shape index (κ2) is 6.22. The fraction of sp³-hybridized carbons (Fsp3) is 0.533. The van der Waals surface area contributed by atoms with E-state index < -0.39 is 5.82 Å². The second-order valence-electron chi connectivity index (χ2n) is 5.45. The highest BCUT2D eigenvalue weighted by Gasteiger charge is 2.30. The minimum atomic E-state index is -0.470. The molecule has 3 N–H and O–H groups in total. The van der Waals surface area contributed by atoms with Gasteiger partial charge >= 0.3 is 0 Å². The zero-order valence-corrected chi connectivity index (χ0v) is 12.0. The number of nitrogens with two attached hydrogens (primary N) is 1. The molecule has 0 aromatic heterocycles. The summed E-state index contributed by atoms with van der Waals surface area (Å²) in [7, 11) is 0. The first-order chi connectivity index (χ1) is 9.51. The topological polar surface area (TPSA) is 58.4 Å². The normalized spacial score (nSPS) is 22.9. The van der Waals surface area contributed by atoms with Crippen LogP contribution in [0.1, 0.15) is 33.1 Å². The molecule has 1 aliphatic heterocycles. The molecule has 1 fully saturated rings. The highest BCUT2D eigenvalue weighted by molar-refractivity contribution is 5.92. The summed E-state index contributed by atoms with van der Waals surface area (Å²) in [5, 5.41) is 2.77. The number of likely N-dealkylation sites (tertiary alicyclic amines) is 1. The maximum atomic E-state index is 13.1. The maximum absolute atomic E-state index is 13.1. The predicted octanol–water partition coefficient (Wildman–Crippen LogP) is 2.61. The summed E-state index contributed by atoms with van der Waals surface area (Å²) < 4.78 is 13.1. The zero-order valence-electron chi connectivity index (χ0n) is 12.0. The van der Waals surface area contributed by atoms with Crippen LogP contribution in [0, 0.1) is 5.82 Å². The Labute approximate surface area is 119 Å². The number of benzene rings is 1. The van der Waals surface area contributed by atoms with E-state index in [1.165, 1.54) is 18.2 Å². The molecule has 0 aliphatic carbocycles. The fourth-order valence-corrected chi connectivity index (χ4v) is 2.84. The Morgan fingerprint density at radius 2 is 2.25 bits per heavy atom. The van der Waals surface area contributed by atoms with E-state index in [1.807, 2.05) is 0 Å². The summed E-state index contributed by atoms with van der Waals surface area (Å²) >= 11 is 0. The number of anilines is 2. The van der Waals surface area contributed by atoms with Gasteiger partial charge in [0.1, 0.15) is 5.82 Å². The van der Waals surface area contributed by atoms with Crippen LogP contribution in [-0.2, 0) is 4.79 Å². The molecule has 110 valence electrons. The van der Waals surface area contributed by atoms with Gasteiger partial charge in [-0.2, -0.15) is 0 Å². The molecular formula is C15H22FN3O. The van der Waals surface area contributed by atoms with E-state index in [4.69, 9.17) is 5.73 Å². The van der Waals surface area contributed by atoms with Crippen LogP contribution >= 0.6 is 0 Å². The number of carbonyl (C=O) groups excluding carboxylic acids is 1. The lowest BCUT2D eigenvalue weighted by molar-refractivity contribution is -0.118. The average Bonchev–Trinajstić information content (AvgIpc) is 2.75. The molecule has 4 nitrogen and oxygen atoms in total. The Hall–Kier alpha value is -1.62. The SMILES string of the molecule is CCC1CCC(C)N1CC(=O)Nc1ccc(F)c(N)c1. The van der Waals surface area contributed by atoms with E-state index in [9.17, 15) is 9.18 Å². The number of amides is 1. The van der Waals surface area contributed by atoms with Gasteiger partial charge in [-0.1, -0.05) is 6.92 Å². The Morgan fingerprint density at radius 3 is 2.90 bits per heavy atom. The number of rotatable bonds is 4. The molecule has 1 aromatic rings. The zero-order chi connectivity index (χ0) is 14.7. The standard InChI is InChI=1S/C15H22FN3O/c1-3-12-6-4-10(2)19(12)9-15(20)18-11-5-7-13(16)14(17)8-11/h5,7-8,10,12H,3-4,6,9,17H2,1-2H3,(H,18,20). The molecule has 1 aromatic carbocycles. The van der Waals surface area contributed by atoms with E-state index in [2.05, 4.69) is 24.1 Å². The first-order valence-electron chi connectivity index (χ1n) is 7.12. The first-order valence-corrected chi connectivity index (χ1v) is 7.12. The molecule has 2 unspecified atom stereocenters. The number of hydrogen-bond donors (Lipinski definition) is 2. The first kappa shape index (κ1) is 14.8. The lowest BCUT2D eigenvalue weighted by atomic mass is 10.1. The third-order valence-corrected chi connectivity index (χ3v) is 4.03. The van der Waals surface area contributed by atoms with Crippen LogP contribution in [0.15, 0.2) is 18.2 Å². The van der Waals surface area contributed by atoms with E-state index in [1.54, 1.807) is 0 Å². The third-order valence-electron chi connectivity index (χ3n) is 4.03.